The summed E-state index contributed by atoms with van der Waals surface area (Å²) < 4.78 is 0. The number of aryl methyl sites for hydroxylation is 2. The Morgan fingerprint density at radius 1 is 1.13 bits per heavy atom. The zero-order chi connectivity index (χ0) is 10.8. The molecule has 0 amide bonds. The minimum atomic E-state index is 0.782. The Bertz CT molecular complexity index is 477. The predicted molar refractivity (Wildman–Crippen MR) is 64.6 cm³/mol. The van der Waals surface area contributed by atoms with Crippen molar-refractivity contribution in [2.75, 3.05) is 0 Å². The van der Waals surface area contributed by atoms with E-state index in [9.17, 15) is 4.79 Å². The molecule has 0 saturated heterocycles. The molecule has 0 aliphatic heterocycles. The molecule has 76 valence electrons. The Morgan fingerprint density at radius 3 is 2.40 bits per heavy atom. The minimum Gasteiger partial charge on any atom is -0.298 e. The number of rotatable bonds is 2. The normalized spacial score (nSPS) is 10.3. The fourth-order valence-corrected chi connectivity index (χ4v) is 2.61. The van der Waals surface area contributed by atoms with Gasteiger partial charge >= 0.3 is 0 Å². The maximum atomic E-state index is 10.8. The third kappa shape index (κ3) is 2.00. The average Bonchev–Trinajstić information content (AvgIpc) is 2.63. The third-order valence-electron chi connectivity index (χ3n) is 2.31. The number of hydrogen-bond donors (Lipinski definition) is 0. The number of thiophene rings is 1. The van der Waals surface area contributed by atoms with Crippen LogP contribution in [0.2, 0.25) is 0 Å². The van der Waals surface area contributed by atoms with E-state index in [1.165, 1.54) is 11.1 Å². The molecule has 0 aliphatic carbocycles. The fourth-order valence-electron chi connectivity index (χ4n) is 1.75. The van der Waals surface area contributed by atoms with Crippen LogP contribution in [0.4, 0.5) is 0 Å². The van der Waals surface area contributed by atoms with Crippen LogP contribution in [0.3, 0.4) is 0 Å². The fraction of sp³-hybridized carbons (Fsp3) is 0.154. The molecular formula is C13H12OS. The van der Waals surface area contributed by atoms with Gasteiger partial charge < -0.3 is 0 Å². The maximum absolute atomic E-state index is 10.8. The van der Waals surface area contributed by atoms with Gasteiger partial charge in [0.15, 0.2) is 6.29 Å². The standard InChI is InChI=1S/C13H12OS/c1-9-5-10(2)7-12(6-9)13-11(8-14)3-4-15-13/h3-8H,1-2H3. The zero-order valence-corrected chi connectivity index (χ0v) is 9.60. The molecule has 2 rings (SSSR count). The summed E-state index contributed by atoms with van der Waals surface area (Å²) >= 11 is 1.61. The van der Waals surface area contributed by atoms with E-state index in [2.05, 4.69) is 32.0 Å². The van der Waals surface area contributed by atoms with Crippen LogP contribution in [0.15, 0.2) is 29.6 Å². The monoisotopic (exact) mass is 216 g/mol. The molecule has 0 N–H and O–H groups in total. The Hall–Kier alpha value is -1.41. The smallest absolute Gasteiger partial charge is 0.151 e. The van der Waals surface area contributed by atoms with E-state index in [1.807, 2.05) is 11.4 Å². The molecule has 0 radical (unpaired) electrons. The van der Waals surface area contributed by atoms with Crippen molar-refractivity contribution in [1.29, 1.82) is 0 Å². The van der Waals surface area contributed by atoms with E-state index in [0.29, 0.717) is 0 Å². The van der Waals surface area contributed by atoms with Crippen molar-refractivity contribution >= 4 is 17.6 Å². The number of carbonyl (C=O) groups is 1. The Kier molecular flexibility index (Phi) is 2.69. The Balaban J connectivity index is 2.58. The van der Waals surface area contributed by atoms with Crippen molar-refractivity contribution in [1.82, 2.24) is 0 Å². The van der Waals surface area contributed by atoms with Gasteiger partial charge in [-0.25, -0.2) is 0 Å². The molecule has 1 nitrogen and oxygen atoms in total. The number of carbonyl (C=O) groups excluding carboxylic acids is 1. The van der Waals surface area contributed by atoms with Gasteiger partial charge in [-0.2, -0.15) is 0 Å². The summed E-state index contributed by atoms with van der Waals surface area (Å²) in [4.78, 5) is 11.9. The quantitative estimate of drug-likeness (QED) is 0.697. The molecule has 0 fully saturated rings. The van der Waals surface area contributed by atoms with E-state index < -0.39 is 0 Å². The van der Waals surface area contributed by atoms with Crippen molar-refractivity contribution in [3.05, 3.63) is 46.3 Å². The highest BCUT2D eigenvalue weighted by atomic mass is 32.1. The summed E-state index contributed by atoms with van der Waals surface area (Å²) in [6.07, 6.45) is 0.920. The zero-order valence-electron chi connectivity index (χ0n) is 8.78. The average molecular weight is 216 g/mol. The van der Waals surface area contributed by atoms with Crippen LogP contribution < -0.4 is 0 Å². The molecule has 0 spiro atoms. The minimum absolute atomic E-state index is 0.782. The highest BCUT2D eigenvalue weighted by Crippen LogP contribution is 2.29. The van der Waals surface area contributed by atoms with Crippen LogP contribution in [0.25, 0.3) is 10.4 Å². The molecule has 15 heavy (non-hydrogen) atoms. The SMILES string of the molecule is Cc1cc(C)cc(-c2sccc2C=O)c1. The van der Waals surface area contributed by atoms with Crippen molar-refractivity contribution in [2.24, 2.45) is 0 Å². The van der Waals surface area contributed by atoms with Crippen LogP contribution in [0, 0.1) is 13.8 Å². The molecule has 2 aromatic rings. The summed E-state index contributed by atoms with van der Waals surface area (Å²) in [6.45, 7) is 4.15. The van der Waals surface area contributed by atoms with E-state index in [4.69, 9.17) is 0 Å². The van der Waals surface area contributed by atoms with Crippen molar-refractivity contribution in [3.8, 4) is 10.4 Å². The lowest BCUT2D eigenvalue weighted by atomic mass is 10.0. The summed E-state index contributed by atoms with van der Waals surface area (Å²) in [5, 5.41) is 1.96. The molecule has 0 aliphatic rings. The highest BCUT2D eigenvalue weighted by Gasteiger charge is 2.06. The van der Waals surface area contributed by atoms with E-state index >= 15 is 0 Å². The molecule has 1 heterocycles. The summed E-state index contributed by atoms with van der Waals surface area (Å²) in [5.41, 5.74) is 4.39. The van der Waals surface area contributed by atoms with Gasteiger partial charge in [-0.1, -0.05) is 29.3 Å². The molecule has 0 atom stereocenters. The third-order valence-corrected chi connectivity index (χ3v) is 3.29. The van der Waals surface area contributed by atoms with Gasteiger partial charge in [-0.05, 0) is 30.9 Å². The van der Waals surface area contributed by atoms with Crippen LogP contribution in [0.1, 0.15) is 21.5 Å². The first kappa shape index (κ1) is 10.1. The van der Waals surface area contributed by atoms with Crippen LogP contribution in [-0.4, -0.2) is 6.29 Å². The van der Waals surface area contributed by atoms with E-state index in [1.54, 1.807) is 11.3 Å². The lowest BCUT2D eigenvalue weighted by Gasteiger charge is -2.03. The summed E-state index contributed by atoms with van der Waals surface area (Å²) in [5.74, 6) is 0. The second kappa shape index (κ2) is 3.99. The van der Waals surface area contributed by atoms with Crippen molar-refractivity contribution in [3.63, 3.8) is 0 Å². The maximum Gasteiger partial charge on any atom is 0.151 e. The van der Waals surface area contributed by atoms with Gasteiger partial charge in [0.1, 0.15) is 0 Å². The molecule has 0 saturated carbocycles. The number of benzene rings is 1. The van der Waals surface area contributed by atoms with Crippen LogP contribution in [-0.2, 0) is 0 Å². The van der Waals surface area contributed by atoms with Crippen molar-refractivity contribution < 1.29 is 4.79 Å². The highest BCUT2D eigenvalue weighted by molar-refractivity contribution is 7.14. The van der Waals surface area contributed by atoms with Gasteiger partial charge in [0.2, 0.25) is 0 Å². The second-order valence-corrected chi connectivity index (χ2v) is 4.62. The van der Waals surface area contributed by atoms with Gasteiger partial charge in [-0.3, -0.25) is 4.79 Å². The molecule has 2 heteroatoms. The van der Waals surface area contributed by atoms with Crippen LogP contribution in [0.5, 0.6) is 0 Å². The van der Waals surface area contributed by atoms with Gasteiger partial charge in [0, 0.05) is 10.4 Å². The molecule has 0 unspecified atom stereocenters. The van der Waals surface area contributed by atoms with Gasteiger partial charge in [0.25, 0.3) is 0 Å². The topological polar surface area (TPSA) is 17.1 Å². The van der Waals surface area contributed by atoms with Gasteiger partial charge in [0.05, 0.1) is 0 Å². The Morgan fingerprint density at radius 2 is 1.80 bits per heavy atom. The lowest BCUT2D eigenvalue weighted by molar-refractivity contribution is 0.112. The molecule has 0 bridgehead atoms. The summed E-state index contributed by atoms with van der Waals surface area (Å²) in [6, 6.07) is 8.24. The lowest BCUT2D eigenvalue weighted by Crippen LogP contribution is -1.83. The molecule has 1 aromatic carbocycles. The van der Waals surface area contributed by atoms with E-state index in [0.717, 1.165) is 22.3 Å². The van der Waals surface area contributed by atoms with E-state index in [-0.39, 0.29) is 0 Å². The number of aldehydes is 1. The second-order valence-electron chi connectivity index (χ2n) is 3.70. The first-order chi connectivity index (χ1) is 7.20. The molecular weight excluding hydrogens is 204 g/mol. The first-order valence-electron chi connectivity index (χ1n) is 4.82. The predicted octanol–water partition coefficient (Wildman–Crippen LogP) is 3.84. The summed E-state index contributed by atoms with van der Waals surface area (Å²) in [7, 11) is 0. The Labute approximate surface area is 93.4 Å². The largest absolute Gasteiger partial charge is 0.298 e. The first-order valence-corrected chi connectivity index (χ1v) is 5.70. The number of hydrogen-bond acceptors (Lipinski definition) is 2. The van der Waals surface area contributed by atoms with Crippen LogP contribution >= 0.6 is 11.3 Å². The van der Waals surface area contributed by atoms with Crippen molar-refractivity contribution in [2.45, 2.75) is 13.8 Å². The van der Waals surface area contributed by atoms with Gasteiger partial charge in [-0.15, -0.1) is 11.3 Å². The molecule has 1 aromatic heterocycles.